The Morgan fingerprint density at radius 2 is 1.77 bits per heavy atom. The normalized spacial score (nSPS) is 13.3. The Kier molecular flexibility index (Phi) is 6.07. The Bertz CT molecular complexity index is 1080. The lowest BCUT2D eigenvalue weighted by Gasteiger charge is -2.15. The van der Waals surface area contributed by atoms with Crippen molar-refractivity contribution in [2.75, 3.05) is 18.0 Å². The molecule has 158 valence electrons. The molecule has 0 spiro atoms. The van der Waals surface area contributed by atoms with Gasteiger partial charge in [-0.15, -0.1) is 0 Å². The van der Waals surface area contributed by atoms with Gasteiger partial charge in [-0.05, 0) is 48.9 Å². The van der Waals surface area contributed by atoms with Crippen LogP contribution >= 0.6 is 0 Å². The highest BCUT2D eigenvalue weighted by atomic mass is 16.5. The molecule has 1 aliphatic heterocycles. The molecule has 0 saturated carbocycles. The van der Waals surface area contributed by atoms with Gasteiger partial charge >= 0.3 is 5.97 Å². The predicted octanol–water partition coefficient (Wildman–Crippen LogP) is 2.47. The quantitative estimate of drug-likeness (QED) is 0.595. The van der Waals surface area contributed by atoms with Crippen LogP contribution in [0.4, 0.5) is 5.69 Å². The van der Waals surface area contributed by atoms with Crippen LogP contribution < -0.4 is 10.2 Å². The number of ether oxygens (including phenoxy) is 1. The monoisotopic (exact) mass is 418 g/mol. The number of nitrogens with one attached hydrogen (secondary N) is 1. The van der Waals surface area contributed by atoms with Gasteiger partial charge in [-0.3, -0.25) is 14.4 Å². The Labute approximate surface area is 179 Å². The van der Waals surface area contributed by atoms with Gasteiger partial charge in [-0.2, -0.15) is 5.10 Å². The average Bonchev–Trinajstić information content (AvgIpc) is 3.46. The number of anilines is 1. The van der Waals surface area contributed by atoms with Gasteiger partial charge in [0.25, 0.3) is 5.91 Å². The summed E-state index contributed by atoms with van der Waals surface area (Å²) >= 11 is 0. The molecule has 3 aromatic rings. The fourth-order valence-corrected chi connectivity index (χ4v) is 3.34. The minimum atomic E-state index is -0.554. The molecule has 1 aromatic heterocycles. The molecular formula is C23H22N4O4. The lowest BCUT2D eigenvalue weighted by molar-refractivity contribution is -0.143. The Morgan fingerprint density at radius 1 is 1.00 bits per heavy atom. The van der Waals surface area contributed by atoms with Crippen molar-refractivity contribution in [2.24, 2.45) is 0 Å². The topological polar surface area (TPSA) is 93.5 Å². The number of nitrogens with zero attached hydrogens (tertiary/aromatic N) is 3. The van der Waals surface area contributed by atoms with Crippen LogP contribution in [-0.2, 0) is 20.9 Å². The highest BCUT2D eigenvalue weighted by Gasteiger charge is 2.21. The maximum Gasteiger partial charge on any atom is 0.325 e. The van der Waals surface area contributed by atoms with Crippen molar-refractivity contribution in [1.82, 2.24) is 15.1 Å². The fourth-order valence-electron chi connectivity index (χ4n) is 3.34. The Morgan fingerprint density at radius 3 is 2.48 bits per heavy atom. The van der Waals surface area contributed by atoms with Crippen molar-refractivity contribution >= 4 is 23.5 Å². The maximum absolute atomic E-state index is 12.3. The van der Waals surface area contributed by atoms with E-state index in [0.717, 1.165) is 17.8 Å². The highest BCUT2D eigenvalue weighted by molar-refractivity contribution is 5.98. The van der Waals surface area contributed by atoms with Crippen molar-refractivity contribution in [3.8, 4) is 5.69 Å². The van der Waals surface area contributed by atoms with E-state index in [-0.39, 0.29) is 25.0 Å². The van der Waals surface area contributed by atoms with Gasteiger partial charge in [0.2, 0.25) is 5.91 Å². The SMILES string of the molecule is O=C(CNC(=O)c1ccc(N2CCCC2=O)cc1)OCc1ccn(-c2ccccc2)n1. The number of carbonyl (C=O) groups is 3. The number of para-hydroxylation sites is 1. The molecule has 2 heterocycles. The van der Waals surface area contributed by atoms with Crippen LogP contribution in [0.2, 0.25) is 0 Å². The van der Waals surface area contributed by atoms with E-state index in [9.17, 15) is 14.4 Å². The minimum Gasteiger partial charge on any atom is -0.458 e. The summed E-state index contributed by atoms with van der Waals surface area (Å²) in [6, 6.07) is 18.1. The third-order valence-electron chi connectivity index (χ3n) is 4.95. The standard InChI is InChI=1S/C23H22N4O4/c28-21-7-4-13-26(21)19-10-8-17(9-11-19)23(30)24-15-22(29)31-16-18-12-14-27(25-18)20-5-2-1-3-6-20/h1-3,5-6,8-12,14H,4,7,13,15-16H2,(H,24,30). The number of esters is 1. The van der Waals surface area contributed by atoms with E-state index in [4.69, 9.17) is 4.74 Å². The van der Waals surface area contributed by atoms with Gasteiger partial charge in [0.05, 0.1) is 5.69 Å². The molecule has 4 rings (SSSR count). The van der Waals surface area contributed by atoms with E-state index in [2.05, 4.69) is 10.4 Å². The third-order valence-corrected chi connectivity index (χ3v) is 4.95. The first kappa shape index (κ1) is 20.3. The molecule has 0 unspecified atom stereocenters. The van der Waals surface area contributed by atoms with E-state index in [1.165, 1.54) is 0 Å². The molecule has 0 radical (unpaired) electrons. The fraction of sp³-hybridized carbons (Fsp3) is 0.217. The molecule has 1 fully saturated rings. The summed E-state index contributed by atoms with van der Waals surface area (Å²) in [6.07, 6.45) is 3.19. The van der Waals surface area contributed by atoms with Crippen molar-refractivity contribution in [2.45, 2.75) is 19.4 Å². The Hall–Kier alpha value is -3.94. The molecule has 2 amide bonds. The molecule has 0 atom stereocenters. The van der Waals surface area contributed by atoms with Gasteiger partial charge in [-0.25, -0.2) is 4.68 Å². The van der Waals surface area contributed by atoms with E-state index in [1.54, 1.807) is 46.1 Å². The molecule has 1 aliphatic rings. The van der Waals surface area contributed by atoms with Crippen LogP contribution in [0.3, 0.4) is 0 Å². The number of hydrogen-bond donors (Lipinski definition) is 1. The lowest BCUT2D eigenvalue weighted by Crippen LogP contribution is -2.30. The predicted molar refractivity (Wildman–Crippen MR) is 114 cm³/mol. The maximum atomic E-state index is 12.3. The van der Waals surface area contributed by atoms with E-state index in [1.807, 2.05) is 30.3 Å². The average molecular weight is 418 g/mol. The number of aromatic nitrogens is 2. The van der Waals surface area contributed by atoms with Gasteiger partial charge in [0.15, 0.2) is 0 Å². The summed E-state index contributed by atoms with van der Waals surface area (Å²) in [4.78, 5) is 37.7. The van der Waals surface area contributed by atoms with Crippen LogP contribution in [-0.4, -0.2) is 40.7 Å². The van der Waals surface area contributed by atoms with Gasteiger partial charge < -0.3 is 15.0 Å². The minimum absolute atomic E-state index is 0.0209. The summed E-state index contributed by atoms with van der Waals surface area (Å²) in [5, 5.41) is 6.91. The number of benzene rings is 2. The molecule has 0 bridgehead atoms. The zero-order valence-corrected chi connectivity index (χ0v) is 16.9. The van der Waals surface area contributed by atoms with Crippen molar-refractivity contribution in [1.29, 1.82) is 0 Å². The first-order chi connectivity index (χ1) is 15.1. The van der Waals surface area contributed by atoms with Crippen LogP contribution in [0.5, 0.6) is 0 Å². The summed E-state index contributed by atoms with van der Waals surface area (Å²) in [6.45, 7) is 0.470. The number of rotatable bonds is 7. The van der Waals surface area contributed by atoms with Gasteiger partial charge in [-0.1, -0.05) is 18.2 Å². The van der Waals surface area contributed by atoms with Gasteiger partial charge in [0, 0.05) is 30.4 Å². The summed E-state index contributed by atoms with van der Waals surface area (Å²) < 4.78 is 6.89. The second-order valence-corrected chi connectivity index (χ2v) is 7.13. The number of carbonyl (C=O) groups excluding carboxylic acids is 3. The van der Waals surface area contributed by atoms with Crippen LogP contribution in [0, 0.1) is 0 Å². The smallest absolute Gasteiger partial charge is 0.325 e. The molecule has 0 aliphatic carbocycles. The number of hydrogen-bond acceptors (Lipinski definition) is 5. The molecule has 8 heteroatoms. The second kappa shape index (κ2) is 9.25. The van der Waals surface area contributed by atoms with Crippen LogP contribution in [0.1, 0.15) is 28.9 Å². The van der Waals surface area contributed by atoms with Crippen LogP contribution in [0.15, 0.2) is 66.9 Å². The molecule has 2 aromatic carbocycles. The lowest BCUT2D eigenvalue weighted by atomic mass is 10.2. The second-order valence-electron chi connectivity index (χ2n) is 7.13. The van der Waals surface area contributed by atoms with Crippen molar-refractivity contribution < 1.29 is 19.1 Å². The first-order valence-electron chi connectivity index (χ1n) is 10.0. The van der Waals surface area contributed by atoms with Crippen LogP contribution in [0.25, 0.3) is 5.69 Å². The largest absolute Gasteiger partial charge is 0.458 e. The zero-order valence-electron chi connectivity index (χ0n) is 16.9. The van der Waals surface area contributed by atoms with Gasteiger partial charge in [0.1, 0.15) is 18.8 Å². The molecule has 31 heavy (non-hydrogen) atoms. The molecule has 1 N–H and O–H groups in total. The molecular weight excluding hydrogens is 396 g/mol. The summed E-state index contributed by atoms with van der Waals surface area (Å²) in [7, 11) is 0. The number of amides is 2. The zero-order chi connectivity index (χ0) is 21.6. The van der Waals surface area contributed by atoms with E-state index >= 15 is 0 Å². The Balaban J connectivity index is 1.24. The highest BCUT2D eigenvalue weighted by Crippen LogP contribution is 2.21. The van der Waals surface area contributed by atoms with Crippen molar-refractivity contribution in [3.63, 3.8) is 0 Å². The van der Waals surface area contributed by atoms with E-state index < -0.39 is 5.97 Å². The third kappa shape index (κ3) is 4.98. The van der Waals surface area contributed by atoms with Crippen molar-refractivity contribution in [3.05, 3.63) is 78.1 Å². The van der Waals surface area contributed by atoms with E-state index in [0.29, 0.717) is 24.2 Å². The summed E-state index contributed by atoms with van der Waals surface area (Å²) in [5.41, 5.74) is 2.70. The first-order valence-corrected chi connectivity index (χ1v) is 10.0. The molecule has 1 saturated heterocycles. The molecule has 8 nitrogen and oxygen atoms in total. The summed E-state index contributed by atoms with van der Waals surface area (Å²) in [5.74, 6) is -0.847.